The van der Waals surface area contributed by atoms with E-state index in [1.165, 1.54) is 29.3 Å². The van der Waals surface area contributed by atoms with Crippen LogP contribution in [0.1, 0.15) is 25.0 Å². The van der Waals surface area contributed by atoms with Crippen molar-refractivity contribution in [3.8, 4) is 0 Å². The number of pyridine rings is 1. The molecular weight excluding hydrogens is 492 g/mol. The number of rotatable bonds is 4. The van der Waals surface area contributed by atoms with Crippen LogP contribution in [0.3, 0.4) is 0 Å². The van der Waals surface area contributed by atoms with Crippen LogP contribution in [0.25, 0.3) is 10.8 Å². The highest BCUT2D eigenvalue weighted by atomic mass is 32.2. The van der Waals surface area contributed by atoms with E-state index in [2.05, 4.69) is 29.8 Å². The standard InChI is InChI=1S/C14H20N2O.C10H8O6S2/c1-11(2)14(9-17-10-14)16-6-4-12-3-5-15-7-13(12)8-16;11-17(12,13)9-6-5-7-3-1-2-4-8(7)10(9)18(14,15)16/h3,5,7,11H,4,6,8-10H2,1-2H3;1-6H,(H,11,12,13)(H,14,15,16). The average molecular weight is 521 g/mol. The van der Waals surface area contributed by atoms with E-state index >= 15 is 0 Å². The molecule has 0 amide bonds. The van der Waals surface area contributed by atoms with Crippen molar-refractivity contribution in [2.45, 2.75) is 42.1 Å². The monoisotopic (exact) mass is 520 g/mol. The molecule has 1 saturated heterocycles. The molecule has 0 bridgehead atoms. The molecule has 9 nitrogen and oxygen atoms in total. The smallest absolute Gasteiger partial charge is 0.296 e. The third-order valence-corrected chi connectivity index (χ3v) is 8.79. The molecular formula is C24H28N2O7S2. The van der Waals surface area contributed by atoms with Gasteiger partial charge in [-0.05, 0) is 41.0 Å². The van der Waals surface area contributed by atoms with E-state index in [-0.39, 0.29) is 10.9 Å². The minimum absolute atomic E-state index is 0.0233. The zero-order valence-corrected chi connectivity index (χ0v) is 21.1. The molecule has 3 aromatic rings. The topological polar surface area (TPSA) is 134 Å². The summed E-state index contributed by atoms with van der Waals surface area (Å²) in [5.41, 5.74) is 3.13. The Morgan fingerprint density at radius 3 is 2.29 bits per heavy atom. The number of ether oxygens (including phenoxy) is 1. The Bertz CT molecular complexity index is 1450. The predicted octanol–water partition coefficient (Wildman–Crippen LogP) is 3.20. The second-order valence-electron chi connectivity index (χ2n) is 9.13. The molecule has 1 fully saturated rings. The summed E-state index contributed by atoms with van der Waals surface area (Å²) in [5, 5.41) is 0.452. The Labute approximate surface area is 205 Å². The molecule has 0 spiro atoms. The van der Waals surface area contributed by atoms with E-state index in [9.17, 15) is 16.8 Å². The zero-order valence-electron chi connectivity index (χ0n) is 19.5. The molecule has 2 aromatic carbocycles. The van der Waals surface area contributed by atoms with Gasteiger partial charge in [0.1, 0.15) is 9.79 Å². The van der Waals surface area contributed by atoms with Gasteiger partial charge in [0.05, 0.1) is 18.8 Å². The van der Waals surface area contributed by atoms with Crippen LogP contribution in [0.5, 0.6) is 0 Å². The third-order valence-electron chi connectivity index (χ3n) is 6.80. The quantitative estimate of drug-likeness (QED) is 0.497. The van der Waals surface area contributed by atoms with Crippen molar-refractivity contribution in [2.24, 2.45) is 5.92 Å². The lowest BCUT2D eigenvalue weighted by Crippen LogP contribution is -2.66. The van der Waals surface area contributed by atoms with Gasteiger partial charge in [0.2, 0.25) is 0 Å². The van der Waals surface area contributed by atoms with Crippen molar-refractivity contribution in [1.82, 2.24) is 9.88 Å². The normalized spacial score (nSPS) is 17.9. The van der Waals surface area contributed by atoms with Crippen LogP contribution in [0.4, 0.5) is 0 Å². The molecule has 5 rings (SSSR count). The van der Waals surface area contributed by atoms with Crippen LogP contribution < -0.4 is 0 Å². The lowest BCUT2D eigenvalue weighted by molar-refractivity contribution is -0.168. The van der Waals surface area contributed by atoms with E-state index in [1.807, 2.05) is 12.4 Å². The van der Waals surface area contributed by atoms with Crippen LogP contribution in [0.15, 0.2) is 64.6 Å². The molecule has 0 unspecified atom stereocenters. The van der Waals surface area contributed by atoms with Gasteiger partial charge in [0.15, 0.2) is 0 Å². The van der Waals surface area contributed by atoms with E-state index < -0.39 is 30.0 Å². The maximum absolute atomic E-state index is 11.3. The van der Waals surface area contributed by atoms with E-state index in [0.29, 0.717) is 11.3 Å². The fraction of sp³-hybridized carbons (Fsp3) is 0.375. The number of aromatic nitrogens is 1. The molecule has 2 N–H and O–H groups in total. The Morgan fingerprint density at radius 2 is 1.69 bits per heavy atom. The van der Waals surface area contributed by atoms with Crippen LogP contribution in [-0.2, 0) is 37.9 Å². The van der Waals surface area contributed by atoms with Crippen molar-refractivity contribution in [3.05, 3.63) is 66.0 Å². The van der Waals surface area contributed by atoms with Gasteiger partial charge in [-0.25, -0.2) is 0 Å². The first-order valence-corrected chi connectivity index (χ1v) is 14.0. The van der Waals surface area contributed by atoms with Crippen molar-refractivity contribution in [2.75, 3.05) is 19.8 Å². The molecule has 35 heavy (non-hydrogen) atoms. The first kappa shape index (κ1) is 25.7. The van der Waals surface area contributed by atoms with Crippen LogP contribution in [0.2, 0.25) is 0 Å². The molecule has 0 saturated carbocycles. The number of benzene rings is 2. The highest BCUT2D eigenvalue weighted by Gasteiger charge is 2.47. The number of fused-ring (bicyclic) bond motifs is 2. The van der Waals surface area contributed by atoms with Gasteiger partial charge in [-0.1, -0.05) is 44.2 Å². The Morgan fingerprint density at radius 1 is 0.971 bits per heavy atom. The summed E-state index contributed by atoms with van der Waals surface area (Å²) >= 11 is 0. The highest BCUT2D eigenvalue weighted by molar-refractivity contribution is 7.89. The summed E-state index contributed by atoms with van der Waals surface area (Å²) in [6.45, 7) is 8.58. The molecule has 0 aliphatic carbocycles. The number of hydrogen-bond donors (Lipinski definition) is 2. The molecule has 188 valence electrons. The summed E-state index contributed by atoms with van der Waals surface area (Å²) in [4.78, 5) is 5.19. The third kappa shape index (κ3) is 5.11. The van der Waals surface area contributed by atoms with Crippen molar-refractivity contribution >= 4 is 31.0 Å². The number of hydrogen-bond acceptors (Lipinski definition) is 7. The molecule has 1 aromatic heterocycles. The molecule has 0 radical (unpaired) electrons. The maximum Gasteiger partial charge on any atom is 0.296 e. The second-order valence-corrected chi connectivity index (χ2v) is 11.9. The van der Waals surface area contributed by atoms with Crippen LogP contribution in [0, 0.1) is 5.92 Å². The molecule has 11 heteroatoms. The van der Waals surface area contributed by atoms with Gasteiger partial charge in [-0.15, -0.1) is 0 Å². The maximum atomic E-state index is 11.3. The van der Waals surface area contributed by atoms with Gasteiger partial charge in [-0.2, -0.15) is 16.8 Å². The fourth-order valence-electron chi connectivity index (χ4n) is 4.65. The lowest BCUT2D eigenvalue weighted by atomic mass is 9.81. The summed E-state index contributed by atoms with van der Waals surface area (Å²) in [6.07, 6.45) is 5.07. The van der Waals surface area contributed by atoms with Gasteiger partial charge >= 0.3 is 0 Å². The van der Waals surface area contributed by atoms with E-state index in [0.717, 1.165) is 38.8 Å². The SMILES string of the molecule is CC(C)C1(N2CCc3ccncc3C2)COC1.O=S(=O)(O)c1ccc2ccccc2c1S(=O)(=O)O. The lowest BCUT2D eigenvalue weighted by Gasteiger charge is -2.53. The van der Waals surface area contributed by atoms with Gasteiger partial charge in [0, 0.05) is 30.9 Å². The summed E-state index contributed by atoms with van der Waals surface area (Å²) in [5.74, 6) is 0.648. The minimum Gasteiger partial charge on any atom is -0.377 e. The Hall–Kier alpha value is -2.41. The van der Waals surface area contributed by atoms with Gasteiger partial charge in [0.25, 0.3) is 20.2 Å². The van der Waals surface area contributed by atoms with Gasteiger partial charge < -0.3 is 4.74 Å². The molecule has 0 atom stereocenters. The summed E-state index contributed by atoms with van der Waals surface area (Å²) < 4.78 is 68.4. The van der Waals surface area contributed by atoms with Crippen LogP contribution >= 0.6 is 0 Å². The second kappa shape index (κ2) is 9.57. The highest BCUT2D eigenvalue weighted by Crippen LogP contribution is 2.36. The predicted molar refractivity (Wildman–Crippen MR) is 130 cm³/mol. The first-order valence-electron chi connectivity index (χ1n) is 11.1. The van der Waals surface area contributed by atoms with Crippen molar-refractivity contribution in [1.29, 1.82) is 0 Å². The largest absolute Gasteiger partial charge is 0.377 e. The zero-order chi connectivity index (χ0) is 25.4. The van der Waals surface area contributed by atoms with Gasteiger partial charge in [-0.3, -0.25) is 19.0 Å². The Balaban J connectivity index is 0.000000165. The average Bonchev–Trinajstić information content (AvgIpc) is 2.76. The Kier molecular flexibility index (Phi) is 7.02. The number of nitrogens with zero attached hydrogens (tertiary/aromatic N) is 2. The fourth-order valence-corrected chi connectivity index (χ4v) is 6.65. The minimum atomic E-state index is -4.78. The summed E-state index contributed by atoms with van der Waals surface area (Å²) in [6, 6.07) is 10.4. The first-order chi connectivity index (χ1) is 16.4. The molecule has 2 aliphatic heterocycles. The van der Waals surface area contributed by atoms with E-state index in [1.54, 1.807) is 12.1 Å². The van der Waals surface area contributed by atoms with E-state index in [4.69, 9.17) is 13.8 Å². The molecule has 2 aliphatic rings. The van der Waals surface area contributed by atoms with Crippen LogP contribution in [-0.4, -0.2) is 61.1 Å². The molecule has 3 heterocycles. The summed E-state index contributed by atoms with van der Waals surface area (Å²) in [7, 11) is -9.53. The van der Waals surface area contributed by atoms with Crippen molar-refractivity contribution in [3.63, 3.8) is 0 Å². The van der Waals surface area contributed by atoms with Crippen molar-refractivity contribution < 1.29 is 30.7 Å².